The number of hydrogen-bond acceptors (Lipinski definition) is 20. The molecule has 0 radical (unpaired) electrons. The van der Waals surface area contributed by atoms with Gasteiger partial charge in [0, 0.05) is 42.0 Å². The smallest absolute Gasteiger partial charge is 0.327 e. The number of thioether (sulfide) groups is 1. The maximum Gasteiger partial charge on any atom is 0.327 e. The Bertz CT molecular complexity index is 2100. The first kappa shape index (κ1) is 68.1. The van der Waals surface area contributed by atoms with E-state index in [-0.39, 0.29) is 68.2 Å². The molecule has 0 saturated carbocycles. The van der Waals surface area contributed by atoms with Gasteiger partial charge in [-0.15, -0.1) is 0 Å². The standard InChI is InChI=1S/C43H74N16O13S4/c1-76-13-10-27(39(67)57-29(15-33(48)61)41(69)53-25(7-3-5-12-45)38(66)59-31(20-75)43(71)72)52-34(62)17-50-36(64)26(8-9-32(47)60)55-37(65)24(6-2-4-11-44)54-42(70)30(19-74)58-40(68)28(14-22-16-49-21-51-22)56-35(63)23(46)18-73/h16,21,23-31,73-75H,2-15,17-20,44-46H2,1H3,(H2,47,60)(H2,48,61)(H,49,51)(H,50,64)(H,52,62)(H,53,69)(H,54,70)(H,55,65)(H,56,63)(H,57,67)(H,58,68)(H,59,66)(H,71,72)/t23-,24-,25-,26-,27-,28-,29-,30-,31-/m0/s1. The molecule has 0 spiro atoms. The number of imidazole rings is 1. The number of unbranched alkanes of at least 4 members (excludes halogenated alkanes) is 2. The van der Waals surface area contributed by atoms with Crippen molar-refractivity contribution >= 4 is 121 Å². The fraction of sp³-hybridized carbons (Fsp3) is 0.651. The Morgan fingerprint density at radius 1 is 0.579 bits per heavy atom. The molecule has 0 unspecified atom stereocenters. The van der Waals surface area contributed by atoms with Gasteiger partial charge in [-0.05, 0) is 76.5 Å². The molecule has 0 aliphatic heterocycles. The number of aliphatic carboxylic acids is 1. The fourth-order valence-corrected chi connectivity index (χ4v) is 7.87. The van der Waals surface area contributed by atoms with Crippen molar-refractivity contribution in [1.29, 1.82) is 0 Å². The number of carboxylic acid groups (broad SMARTS) is 1. The molecule has 33 heteroatoms. The highest BCUT2D eigenvalue weighted by atomic mass is 32.2. The van der Waals surface area contributed by atoms with Crippen molar-refractivity contribution in [2.45, 2.75) is 125 Å². The van der Waals surface area contributed by atoms with E-state index in [0.717, 1.165) is 0 Å². The number of carbonyl (C=O) groups is 12. The Labute approximate surface area is 459 Å². The molecular formula is C43H74N16O13S4. The van der Waals surface area contributed by atoms with Gasteiger partial charge in [0.15, 0.2) is 0 Å². The van der Waals surface area contributed by atoms with Crippen molar-refractivity contribution in [2.75, 3.05) is 48.9 Å². The van der Waals surface area contributed by atoms with Crippen LogP contribution in [0.5, 0.6) is 0 Å². The Hall–Kier alpha value is -5.87. The number of nitrogens with one attached hydrogen (secondary N) is 10. The van der Waals surface area contributed by atoms with Crippen LogP contribution in [-0.4, -0.2) is 189 Å². The van der Waals surface area contributed by atoms with Crippen LogP contribution in [0.3, 0.4) is 0 Å². The van der Waals surface area contributed by atoms with Gasteiger partial charge in [-0.2, -0.15) is 49.6 Å². The highest BCUT2D eigenvalue weighted by Crippen LogP contribution is 2.09. The summed E-state index contributed by atoms with van der Waals surface area (Å²) in [6.07, 6.45) is 4.25. The highest BCUT2D eigenvalue weighted by molar-refractivity contribution is 7.98. The molecule has 1 rings (SSSR count). The molecule has 0 aromatic carbocycles. The third-order valence-electron chi connectivity index (χ3n) is 11.0. The summed E-state index contributed by atoms with van der Waals surface area (Å²) in [6.45, 7) is -0.341. The normalized spacial score (nSPS) is 14.5. The Balaban J connectivity index is 3.27. The van der Waals surface area contributed by atoms with Crippen molar-refractivity contribution in [3.05, 3.63) is 18.2 Å². The van der Waals surface area contributed by atoms with Crippen molar-refractivity contribution in [2.24, 2.45) is 28.7 Å². The largest absolute Gasteiger partial charge is 0.480 e. The monoisotopic (exact) mass is 1150 g/mol. The second-order valence-corrected chi connectivity index (χ2v) is 19.1. The molecule has 1 heterocycles. The van der Waals surface area contributed by atoms with Crippen LogP contribution in [0.25, 0.3) is 0 Å². The Morgan fingerprint density at radius 2 is 1.04 bits per heavy atom. The average molecular weight is 1150 g/mol. The molecule has 21 N–H and O–H groups in total. The highest BCUT2D eigenvalue weighted by Gasteiger charge is 2.34. The quantitative estimate of drug-likeness (QED) is 0.0215. The number of amides is 11. The summed E-state index contributed by atoms with van der Waals surface area (Å²) < 4.78 is 0. The number of aromatic amines is 1. The summed E-state index contributed by atoms with van der Waals surface area (Å²) >= 11 is 13.5. The van der Waals surface area contributed by atoms with Gasteiger partial charge in [-0.1, -0.05) is 0 Å². The van der Waals surface area contributed by atoms with Crippen LogP contribution in [-0.2, 0) is 64.0 Å². The van der Waals surface area contributed by atoms with Crippen molar-refractivity contribution in [3.63, 3.8) is 0 Å². The van der Waals surface area contributed by atoms with Crippen LogP contribution < -0.4 is 76.5 Å². The predicted molar refractivity (Wildman–Crippen MR) is 289 cm³/mol. The van der Waals surface area contributed by atoms with E-state index >= 15 is 0 Å². The number of aromatic nitrogens is 2. The Morgan fingerprint density at radius 3 is 1.50 bits per heavy atom. The molecule has 9 atom stereocenters. The molecule has 0 aliphatic carbocycles. The fourth-order valence-electron chi connectivity index (χ4n) is 6.73. The molecule has 0 saturated heterocycles. The van der Waals surface area contributed by atoms with E-state index in [1.807, 2.05) is 0 Å². The molecule has 29 nitrogen and oxygen atoms in total. The number of hydrogen-bond donors (Lipinski definition) is 19. The second-order valence-electron chi connectivity index (χ2n) is 17.1. The zero-order chi connectivity index (χ0) is 57.3. The topological polar surface area (TPSA) is 492 Å². The summed E-state index contributed by atoms with van der Waals surface area (Å²) in [5.41, 5.74) is 28.3. The van der Waals surface area contributed by atoms with Gasteiger partial charge in [0.2, 0.25) is 65.0 Å². The number of nitrogens with two attached hydrogens (primary N) is 5. The number of thiol groups is 3. The number of primary amides is 2. The van der Waals surface area contributed by atoms with Crippen molar-refractivity contribution < 1.29 is 62.6 Å². The zero-order valence-corrected chi connectivity index (χ0v) is 45.5. The number of rotatable bonds is 40. The number of carboxylic acids is 1. The van der Waals surface area contributed by atoms with E-state index in [1.165, 1.54) is 24.3 Å². The molecule has 0 aliphatic rings. The van der Waals surface area contributed by atoms with Gasteiger partial charge < -0.3 is 86.6 Å². The Kier molecular flexibility index (Phi) is 33.9. The van der Waals surface area contributed by atoms with Gasteiger partial charge in [0.1, 0.15) is 48.3 Å². The molecule has 11 amide bonds. The third-order valence-corrected chi connectivity index (χ3v) is 12.7. The van der Waals surface area contributed by atoms with E-state index in [2.05, 4.69) is 95.7 Å². The van der Waals surface area contributed by atoms with E-state index in [0.29, 0.717) is 31.4 Å². The molecule has 1 aromatic rings. The van der Waals surface area contributed by atoms with E-state index < -0.39 is 145 Å². The van der Waals surface area contributed by atoms with Crippen molar-refractivity contribution in [1.82, 2.24) is 57.8 Å². The number of H-pyrrole nitrogens is 1. The first-order valence-corrected chi connectivity index (χ1v) is 27.3. The summed E-state index contributed by atoms with van der Waals surface area (Å²) in [5.74, 6) is -11.7. The molecule has 0 bridgehead atoms. The van der Waals surface area contributed by atoms with Gasteiger partial charge in [0.05, 0.1) is 25.3 Å². The minimum absolute atomic E-state index is 0.00677. The number of carbonyl (C=O) groups excluding carboxylic acids is 11. The maximum atomic E-state index is 13.9. The maximum absolute atomic E-state index is 13.9. The predicted octanol–water partition coefficient (Wildman–Crippen LogP) is -6.70. The van der Waals surface area contributed by atoms with Crippen molar-refractivity contribution in [3.8, 4) is 0 Å². The van der Waals surface area contributed by atoms with Crippen LogP contribution in [0.4, 0.5) is 0 Å². The van der Waals surface area contributed by atoms with Crippen LogP contribution in [0.1, 0.15) is 69.9 Å². The van der Waals surface area contributed by atoms with E-state index in [9.17, 15) is 62.6 Å². The lowest BCUT2D eigenvalue weighted by Gasteiger charge is -2.26. The van der Waals surface area contributed by atoms with Crippen LogP contribution in [0.15, 0.2) is 12.5 Å². The first-order chi connectivity index (χ1) is 36.0. The summed E-state index contributed by atoms with van der Waals surface area (Å²) in [5, 5.41) is 31.3. The van der Waals surface area contributed by atoms with Crippen LogP contribution >= 0.6 is 49.6 Å². The lowest BCUT2D eigenvalue weighted by atomic mass is 10.1. The average Bonchev–Trinajstić information content (AvgIpc) is 3.90. The minimum Gasteiger partial charge on any atom is -0.480 e. The van der Waals surface area contributed by atoms with E-state index in [4.69, 9.17) is 28.7 Å². The SMILES string of the molecule is CSCC[C@H](NC(=O)CNC(=O)[C@H](CCC(N)=O)NC(=O)[C@H](CCCCN)NC(=O)[C@H](CS)NC(=O)[C@H](Cc1cnc[nH]1)NC(=O)[C@@H](N)CS)C(=O)N[C@@H](CC(N)=O)C(=O)N[C@@H](CCCCN)C(=O)N[C@@H](CS)C(=O)O. The molecule has 76 heavy (non-hydrogen) atoms. The van der Waals surface area contributed by atoms with Gasteiger partial charge in [-0.25, -0.2) is 9.78 Å². The van der Waals surface area contributed by atoms with E-state index in [1.54, 1.807) is 6.26 Å². The molecule has 428 valence electrons. The van der Waals surface area contributed by atoms with Gasteiger partial charge in [-0.3, -0.25) is 52.7 Å². The van der Waals surface area contributed by atoms with Crippen LogP contribution in [0, 0.1) is 0 Å². The first-order valence-electron chi connectivity index (χ1n) is 24.0. The molecular weight excluding hydrogens is 1080 g/mol. The third kappa shape index (κ3) is 26.8. The number of nitrogens with zero attached hydrogens (tertiary/aromatic N) is 1. The lowest BCUT2D eigenvalue weighted by Crippen LogP contribution is -2.60. The summed E-state index contributed by atoms with van der Waals surface area (Å²) in [7, 11) is 0. The zero-order valence-electron chi connectivity index (χ0n) is 42.0. The second kappa shape index (κ2) is 37.8. The summed E-state index contributed by atoms with van der Waals surface area (Å²) in [6, 6.07) is -12.4. The minimum atomic E-state index is -1.68. The molecule has 1 aromatic heterocycles. The lowest BCUT2D eigenvalue weighted by molar-refractivity contribution is -0.141. The van der Waals surface area contributed by atoms with Gasteiger partial charge >= 0.3 is 5.97 Å². The molecule has 0 fully saturated rings. The van der Waals surface area contributed by atoms with Gasteiger partial charge in [0.25, 0.3) is 0 Å². The van der Waals surface area contributed by atoms with Crippen LogP contribution in [0.2, 0.25) is 0 Å². The summed E-state index contributed by atoms with van der Waals surface area (Å²) in [4.78, 5) is 163.